The Morgan fingerprint density at radius 1 is 0.613 bits per heavy atom. The van der Waals surface area contributed by atoms with Gasteiger partial charge >= 0.3 is 6.18 Å². The third-order valence-corrected chi connectivity index (χ3v) is 14.4. The molecule has 41 heteroatoms. The Morgan fingerprint density at radius 3 is 1.50 bits per heavy atom. The zero-order valence-electron chi connectivity index (χ0n) is 57.8. The van der Waals surface area contributed by atoms with Crippen LogP contribution in [0, 0.1) is 58.2 Å². The van der Waals surface area contributed by atoms with Gasteiger partial charge in [0.25, 0.3) is 22.7 Å². The van der Waals surface area contributed by atoms with E-state index < -0.39 is 37.7 Å². The maximum absolute atomic E-state index is 13.1. The van der Waals surface area contributed by atoms with E-state index in [-0.39, 0.29) is 57.9 Å². The number of ether oxygens (including phenoxy) is 1. The summed E-state index contributed by atoms with van der Waals surface area (Å²) in [5, 5.41) is 87.8. The van der Waals surface area contributed by atoms with Crippen LogP contribution in [0.4, 0.5) is 47.4 Å². The number of carbonyl (C=O) groups excluding carboxylic acids is 1. The summed E-state index contributed by atoms with van der Waals surface area (Å²) in [7, 11) is 0. The number of hydrogen-bond donors (Lipinski definition) is 2. The standard InChI is InChI=1S/C22H23F3N4O.C12H15N5O2.C12H17N5.C5H3ClN2O2.2C5H3N5O2.C4H8O2/c1-15(2)7-9-18-14-29(28-27-18)21-10-8-16(13-26-21)11-19(30)12-17-5-3-4-6-20(17)22(23,24)25;1-9(2)3-4-10-8-16(15-14-10)12-6-5-11(7-13-12)17(18)19;1-9(2)3-5-11-8-17(16-15-11)12-6-4-10(13)7-14-12;6-5-2-1-4(3-7-5)8(9)10;11-10(12)4-1-2-5-6-7-8-9(5)3-4;6-9-8-5-2-1-4(3-7-5)10(11)12;5-4-2-1-3-6-4/h3-6,8,10,13-15H,7,9,11-12H2,1-2H3;5-9H,3-4H2,1-2H3;4,6-9H,3,5,13H2,1-2H3;1-3H;2*1-3H;4-5H,1-3H2. The zero-order chi connectivity index (χ0) is 77.3. The summed E-state index contributed by atoms with van der Waals surface area (Å²) in [6, 6.07) is 23.2. The molecule has 1 aliphatic rings. The van der Waals surface area contributed by atoms with E-state index >= 15 is 0 Å². The van der Waals surface area contributed by atoms with Gasteiger partial charge in [-0.05, 0) is 143 Å². The lowest BCUT2D eigenvalue weighted by Crippen LogP contribution is -2.14. The van der Waals surface area contributed by atoms with Crippen LogP contribution in [-0.2, 0) is 47.8 Å². The van der Waals surface area contributed by atoms with Gasteiger partial charge in [0.1, 0.15) is 41.5 Å². The number of halogens is 4. The summed E-state index contributed by atoms with van der Waals surface area (Å²) in [5.41, 5.74) is 17.1. The number of aryl methyl sites for hydroxylation is 3. The lowest BCUT2D eigenvalue weighted by molar-refractivity contribution is -0.385. The fraction of sp³-hybridized carbons (Fsp3) is 0.338. The number of hydrogen-bond acceptors (Lipinski definition) is 27. The van der Waals surface area contributed by atoms with Crippen molar-refractivity contribution in [1.29, 1.82) is 0 Å². The molecule has 0 radical (unpaired) electrons. The first-order chi connectivity index (χ1) is 50.5. The number of anilines is 1. The smallest absolute Gasteiger partial charge is 0.397 e. The molecule has 106 heavy (non-hydrogen) atoms. The van der Waals surface area contributed by atoms with E-state index in [1.807, 2.05) is 18.5 Å². The number of carbonyl (C=O) groups is 1. The maximum atomic E-state index is 13.1. The molecule has 556 valence electrons. The first-order valence-corrected chi connectivity index (χ1v) is 32.6. The number of ketones is 1. The Balaban J connectivity index is 0.000000203. The van der Waals surface area contributed by atoms with Crippen molar-refractivity contribution in [2.45, 2.75) is 118 Å². The number of aromatic nitrogens is 18. The van der Waals surface area contributed by atoms with Gasteiger partial charge in [-0.2, -0.15) is 17.7 Å². The van der Waals surface area contributed by atoms with Crippen molar-refractivity contribution in [3.05, 3.63) is 243 Å². The number of nitrogen functional groups attached to an aromatic ring is 1. The highest BCUT2D eigenvalue weighted by molar-refractivity contribution is 6.29. The molecule has 11 heterocycles. The van der Waals surface area contributed by atoms with Gasteiger partial charge in [-0.15, -0.1) is 20.4 Å². The summed E-state index contributed by atoms with van der Waals surface area (Å²) in [4.78, 5) is 73.3. The molecule has 1 atom stereocenters. The number of pyridine rings is 6. The van der Waals surface area contributed by atoms with Gasteiger partial charge in [0.15, 0.2) is 29.4 Å². The van der Waals surface area contributed by atoms with Crippen LogP contribution in [0.3, 0.4) is 0 Å². The number of nitrogens with two attached hydrogens (primary N) is 1. The first-order valence-electron chi connectivity index (χ1n) is 32.3. The van der Waals surface area contributed by atoms with E-state index in [1.54, 1.807) is 52.2 Å². The molecule has 37 nitrogen and oxygen atoms in total. The lowest BCUT2D eigenvalue weighted by atomic mass is 9.99. The second-order valence-electron chi connectivity index (χ2n) is 23.9. The number of Topliss-reactive ketones (excluding diaryl/α,β-unsaturated/α-hetero) is 1. The van der Waals surface area contributed by atoms with Crippen molar-refractivity contribution in [2.75, 3.05) is 12.3 Å². The van der Waals surface area contributed by atoms with Crippen molar-refractivity contribution in [2.24, 2.45) is 22.9 Å². The van der Waals surface area contributed by atoms with Crippen molar-refractivity contribution >= 4 is 57.3 Å². The number of alkyl halides is 3. The monoisotopic (exact) mass is 1480 g/mol. The minimum atomic E-state index is -4.48. The molecule has 0 spiro atoms. The number of azide groups is 1. The van der Waals surface area contributed by atoms with Crippen LogP contribution in [0.25, 0.3) is 33.5 Å². The second-order valence-corrected chi connectivity index (χ2v) is 24.3. The number of fused-ring (bicyclic) bond motifs is 1. The highest BCUT2D eigenvalue weighted by atomic mass is 35.5. The molecule has 12 rings (SSSR count). The molecule has 1 aliphatic heterocycles. The third-order valence-electron chi connectivity index (χ3n) is 14.2. The van der Waals surface area contributed by atoms with Crippen molar-refractivity contribution in [1.82, 2.24) is 89.9 Å². The van der Waals surface area contributed by atoms with Crippen LogP contribution in [0.1, 0.15) is 107 Å². The molecule has 11 aromatic rings. The molecule has 1 fully saturated rings. The van der Waals surface area contributed by atoms with Crippen molar-refractivity contribution in [3.63, 3.8) is 0 Å². The number of aliphatic hydroxyl groups excluding tert-OH is 1. The molecule has 0 amide bonds. The summed E-state index contributed by atoms with van der Waals surface area (Å²) >= 11 is 5.38. The van der Waals surface area contributed by atoms with Gasteiger partial charge in [-0.25, -0.2) is 39.0 Å². The molecule has 1 aromatic carbocycles. The van der Waals surface area contributed by atoms with Gasteiger partial charge in [0, 0.05) is 61.2 Å². The number of benzene rings is 1. The van der Waals surface area contributed by atoms with Crippen LogP contribution < -0.4 is 5.73 Å². The Morgan fingerprint density at radius 2 is 1.09 bits per heavy atom. The van der Waals surface area contributed by atoms with Gasteiger partial charge in [-0.3, -0.25) is 45.3 Å². The van der Waals surface area contributed by atoms with Gasteiger partial charge < -0.3 is 15.6 Å². The lowest BCUT2D eigenvalue weighted by Gasteiger charge is -2.12. The number of nitrogens with zero attached hydrogens (tertiary/aromatic N) is 25. The molecule has 3 N–H and O–H groups in total. The van der Waals surface area contributed by atoms with E-state index in [1.165, 1.54) is 82.3 Å². The molecule has 10 aromatic heterocycles. The van der Waals surface area contributed by atoms with E-state index in [4.69, 9.17) is 32.7 Å². The second kappa shape index (κ2) is 41.4. The minimum absolute atomic E-state index is 0.0104. The fourth-order valence-corrected chi connectivity index (χ4v) is 8.73. The summed E-state index contributed by atoms with van der Waals surface area (Å²) in [6.45, 7) is 13.7. The fourth-order valence-electron chi connectivity index (χ4n) is 8.62. The maximum Gasteiger partial charge on any atom is 0.416 e. The molecule has 0 saturated carbocycles. The highest BCUT2D eigenvalue weighted by Crippen LogP contribution is 2.32. The summed E-state index contributed by atoms with van der Waals surface area (Å²) in [5.74, 6) is 3.50. The topological polar surface area (TPSA) is 494 Å². The quantitative estimate of drug-likeness (QED) is 0.0168. The largest absolute Gasteiger partial charge is 0.416 e. The number of tetrazole rings is 1. The SMILES string of the molecule is CC(C)CCc1cn(-c2ccc(CC(=O)Cc3ccccc3C(F)(F)F)cn2)nn1.CC(C)CCc1cn(-c2ccc(N)cn2)nn1.CC(C)CCc1cn(-c2ccc([N+](=O)[O-])cn2)nn1.O=[N+]([O-])c1ccc(Cl)nc1.O=[N+]([O-])c1ccc2nnnn2c1.OC1CCCO1.[N-]=[N+]=Nc1ccc([N+](=O)[O-])cn1. The predicted molar refractivity (Wildman–Crippen MR) is 376 cm³/mol. The molecule has 0 bridgehead atoms. The summed E-state index contributed by atoms with van der Waals surface area (Å²) < 4.78 is 50.0. The van der Waals surface area contributed by atoms with Crippen LogP contribution in [0.15, 0.2) is 158 Å². The van der Waals surface area contributed by atoms with Crippen LogP contribution in [-0.4, -0.2) is 133 Å². The number of nitro groups is 4. The molecular formula is C65H72ClF3N26O11. The van der Waals surface area contributed by atoms with Gasteiger partial charge in [0.05, 0.1) is 72.8 Å². The number of rotatable bonds is 21. The minimum Gasteiger partial charge on any atom is -0.397 e. The Bertz CT molecular complexity index is 4610. The normalized spacial score (nSPS) is 12.0. The molecular weight excluding hydrogens is 1410 g/mol. The third kappa shape index (κ3) is 28.6. The molecule has 1 unspecified atom stereocenters. The zero-order valence-corrected chi connectivity index (χ0v) is 58.6. The Hall–Kier alpha value is -12.7. The average molecular weight is 1490 g/mol. The van der Waals surface area contributed by atoms with E-state index in [2.05, 4.69) is 123 Å². The van der Waals surface area contributed by atoms with E-state index in [0.717, 1.165) is 99.3 Å². The average Bonchev–Trinajstić information content (AvgIpc) is 1.85. The first kappa shape index (κ1) is 82.3. The van der Waals surface area contributed by atoms with Gasteiger partial charge in [0.2, 0.25) is 0 Å². The molecule has 1 saturated heterocycles. The molecule has 0 aliphatic carbocycles. The van der Waals surface area contributed by atoms with Crippen LogP contribution >= 0.6 is 11.6 Å². The van der Waals surface area contributed by atoms with Crippen LogP contribution in [0.2, 0.25) is 5.15 Å². The Kier molecular flexibility index (Phi) is 32.2. The highest BCUT2D eigenvalue weighted by Gasteiger charge is 2.33. The Labute approximate surface area is 605 Å². The van der Waals surface area contributed by atoms with Crippen LogP contribution in [0.5, 0.6) is 0 Å². The van der Waals surface area contributed by atoms with E-state index in [9.17, 15) is 58.4 Å². The summed E-state index contributed by atoms with van der Waals surface area (Å²) in [6.07, 6.45) is 15.8. The van der Waals surface area contributed by atoms with Gasteiger partial charge in [-0.1, -0.05) is 93.0 Å². The number of aliphatic hydroxyl groups is 1. The van der Waals surface area contributed by atoms with E-state index in [0.29, 0.717) is 46.3 Å². The van der Waals surface area contributed by atoms with Crippen molar-refractivity contribution in [3.8, 4) is 17.5 Å². The predicted octanol–water partition coefficient (Wildman–Crippen LogP) is 12.3. The van der Waals surface area contributed by atoms with Crippen molar-refractivity contribution < 1.29 is 47.5 Å².